The molecule has 2 aromatic rings. The number of carbonyl (C=O) groups excluding carboxylic acids is 1. The molecule has 0 aliphatic rings. The number of carbonyl (C=O) groups is 1. The maximum Gasteiger partial charge on any atom is 0.251 e. The van der Waals surface area contributed by atoms with Crippen LogP contribution in [-0.4, -0.2) is 51.9 Å². The molecule has 0 saturated carbocycles. The standard InChI is InChI=1S/C23H33N3O3S/c1-4-19-8-6-9-20(18-19)14-17-24-15-7-16-25-23(27)21-10-12-22(13-11-21)30(28,29)26(3)5-2/h6,8-13,18,24H,4-5,7,14-17H2,1-3H3,(H,25,27). The van der Waals surface area contributed by atoms with Crippen LogP contribution in [0.25, 0.3) is 0 Å². The lowest BCUT2D eigenvalue weighted by molar-refractivity contribution is 0.0953. The van der Waals surface area contributed by atoms with Gasteiger partial charge in [-0.1, -0.05) is 38.1 Å². The zero-order valence-electron chi connectivity index (χ0n) is 18.1. The summed E-state index contributed by atoms with van der Waals surface area (Å²) in [5, 5.41) is 6.28. The molecule has 0 saturated heterocycles. The van der Waals surface area contributed by atoms with Gasteiger partial charge in [0.05, 0.1) is 4.90 Å². The van der Waals surface area contributed by atoms with E-state index >= 15 is 0 Å². The number of aryl methyl sites for hydroxylation is 1. The maximum atomic E-state index is 12.3. The number of nitrogens with one attached hydrogen (secondary N) is 2. The van der Waals surface area contributed by atoms with Crippen molar-refractivity contribution in [3.05, 3.63) is 65.2 Å². The molecule has 164 valence electrons. The minimum absolute atomic E-state index is 0.192. The lowest BCUT2D eigenvalue weighted by Crippen LogP contribution is -2.28. The van der Waals surface area contributed by atoms with Crippen LogP contribution < -0.4 is 10.6 Å². The highest BCUT2D eigenvalue weighted by atomic mass is 32.2. The van der Waals surface area contributed by atoms with E-state index in [-0.39, 0.29) is 10.8 Å². The first-order valence-corrected chi connectivity index (χ1v) is 12.0. The van der Waals surface area contributed by atoms with Crippen LogP contribution >= 0.6 is 0 Å². The molecule has 0 bridgehead atoms. The van der Waals surface area contributed by atoms with Crippen molar-refractivity contribution in [2.45, 2.75) is 38.0 Å². The van der Waals surface area contributed by atoms with Gasteiger partial charge in [-0.2, -0.15) is 0 Å². The third-order valence-electron chi connectivity index (χ3n) is 5.08. The summed E-state index contributed by atoms with van der Waals surface area (Å²) in [6.07, 6.45) is 2.87. The van der Waals surface area contributed by atoms with Gasteiger partial charge in [0.15, 0.2) is 0 Å². The van der Waals surface area contributed by atoms with Gasteiger partial charge in [-0.25, -0.2) is 12.7 Å². The van der Waals surface area contributed by atoms with Gasteiger partial charge >= 0.3 is 0 Å². The fraction of sp³-hybridized carbons (Fsp3) is 0.435. The first-order chi connectivity index (χ1) is 14.4. The van der Waals surface area contributed by atoms with Crippen molar-refractivity contribution < 1.29 is 13.2 Å². The van der Waals surface area contributed by atoms with Gasteiger partial charge in [0.2, 0.25) is 10.0 Å². The molecule has 0 atom stereocenters. The van der Waals surface area contributed by atoms with Crippen molar-refractivity contribution in [3.8, 4) is 0 Å². The van der Waals surface area contributed by atoms with Crippen LogP contribution in [0.1, 0.15) is 41.8 Å². The minimum atomic E-state index is -3.49. The molecule has 0 unspecified atom stereocenters. The molecule has 0 radical (unpaired) electrons. The molecule has 7 heteroatoms. The Balaban J connectivity index is 1.68. The average molecular weight is 432 g/mol. The Hall–Kier alpha value is -2.22. The molecule has 2 N–H and O–H groups in total. The van der Waals surface area contributed by atoms with Crippen molar-refractivity contribution in [2.24, 2.45) is 0 Å². The number of hydrogen-bond donors (Lipinski definition) is 2. The first-order valence-electron chi connectivity index (χ1n) is 10.5. The van der Waals surface area contributed by atoms with Gasteiger partial charge < -0.3 is 10.6 Å². The zero-order valence-corrected chi connectivity index (χ0v) is 19.0. The van der Waals surface area contributed by atoms with E-state index in [1.165, 1.54) is 34.6 Å². The topological polar surface area (TPSA) is 78.5 Å². The molecule has 30 heavy (non-hydrogen) atoms. The van der Waals surface area contributed by atoms with Crippen LogP contribution in [0.5, 0.6) is 0 Å². The number of rotatable bonds is 12. The summed E-state index contributed by atoms with van der Waals surface area (Å²) in [6.45, 7) is 6.63. The van der Waals surface area contributed by atoms with Crippen LogP contribution in [0.2, 0.25) is 0 Å². The second-order valence-electron chi connectivity index (χ2n) is 7.23. The molecule has 0 fully saturated rings. The van der Waals surface area contributed by atoms with Gasteiger partial charge in [0, 0.05) is 25.7 Å². The largest absolute Gasteiger partial charge is 0.352 e. The van der Waals surface area contributed by atoms with E-state index < -0.39 is 10.0 Å². The van der Waals surface area contributed by atoms with E-state index in [0.717, 1.165) is 32.4 Å². The summed E-state index contributed by atoms with van der Waals surface area (Å²) >= 11 is 0. The molecule has 0 aliphatic carbocycles. The summed E-state index contributed by atoms with van der Waals surface area (Å²) in [6, 6.07) is 14.7. The predicted molar refractivity (Wildman–Crippen MR) is 121 cm³/mol. The molecule has 1 amide bonds. The Labute approximate surface area is 180 Å². The number of sulfonamides is 1. The van der Waals surface area contributed by atoms with Crippen LogP contribution in [0.15, 0.2) is 53.4 Å². The fourth-order valence-electron chi connectivity index (χ4n) is 3.01. The van der Waals surface area contributed by atoms with Gasteiger partial charge in [-0.05, 0) is 67.7 Å². The van der Waals surface area contributed by atoms with Crippen molar-refractivity contribution >= 4 is 15.9 Å². The highest BCUT2D eigenvalue weighted by Crippen LogP contribution is 2.15. The Morgan fingerprint density at radius 2 is 1.67 bits per heavy atom. The molecule has 0 aliphatic heterocycles. The van der Waals surface area contributed by atoms with Gasteiger partial charge in [0.25, 0.3) is 5.91 Å². The SMILES string of the molecule is CCc1cccc(CCNCCCNC(=O)c2ccc(S(=O)(=O)N(C)CC)cc2)c1. The second kappa shape index (κ2) is 11.8. The van der Waals surface area contributed by atoms with Crippen LogP contribution in [0.4, 0.5) is 0 Å². The van der Waals surface area contributed by atoms with Crippen molar-refractivity contribution in [1.29, 1.82) is 0 Å². The zero-order chi connectivity index (χ0) is 22.0. The van der Waals surface area contributed by atoms with Gasteiger partial charge in [-0.15, -0.1) is 0 Å². The minimum Gasteiger partial charge on any atom is -0.352 e. The van der Waals surface area contributed by atoms with E-state index in [2.05, 4.69) is 41.8 Å². The Bertz CT molecular complexity index is 912. The molecule has 6 nitrogen and oxygen atoms in total. The smallest absolute Gasteiger partial charge is 0.251 e. The predicted octanol–water partition coefficient (Wildman–Crippen LogP) is 2.84. The summed E-state index contributed by atoms with van der Waals surface area (Å²) in [7, 11) is -1.96. The summed E-state index contributed by atoms with van der Waals surface area (Å²) in [5.41, 5.74) is 3.15. The highest BCUT2D eigenvalue weighted by molar-refractivity contribution is 7.89. The Morgan fingerprint density at radius 1 is 0.967 bits per heavy atom. The first kappa shape index (κ1) is 24.1. The number of benzene rings is 2. The van der Waals surface area contributed by atoms with E-state index in [4.69, 9.17) is 0 Å². The second-order valence-corrected chi connectivity index (χ2v) is 9.27. The highest BCUT2D eigenvalue weighted by Gasteiger charge is 2.19. The van der Waals surface area contributed by atoms with Crippen molar-refractivity contribution in [3.63, 3.8) is 0 Å². The molecule has 0 spiro atoms. The molecule has 2 rings (SSSR count). The molecular weight excluding hydrogens is 398 g/mol. The van der Waals surface area contributed by atoms with Crippen LogP contribution in [0.3, 0.4) is 0 Å². The third-order valence-corrected chi connectivity index (χ3v) is 7.02. The molecule has 0 heterocycles. The summed E-state index contributed by atoms with van der Waals surface area (Å²) in [5.74, 6) is -0.195. The number of hydrogen-bond acceptors (Lipinski definition) is 4. The molecular formula is C23H33N3O3S. The van der Waals surface area contributed by atoms with Crippen molar-refractivity contribution in [2.75, 3.05) is 33.2 Å². The Morgan fingerprint density at radius 3 is 2.33 bits per heavy atom. The van der Waals surface area contributed by atoms with Gasteiger partial charge in [-0.3, -0.25) is 4.79 Å². The molecule has 2 aromatic carbocycles. The van der Waals surface area contributed by atoms with E-state index in [1.807, 2.05) is 0 Å². The average Bonchev–Trinajstić information content (AvgIpc) is 2.77. The van der Waals surface area contributed by atoms with Crippen LogP contribution in [-0.2, 0) is 22.9 Å². The normalized spacial score (nSPS) is 11.6. The monoisotopic (exact) mass is 431 g/mol. The fourth-order valence-corrected chi connectivity index (χ4v) is 4.19. The van der Waals surface area contributed by atoms with Gasteiger partial charge in [0.1, 0.15) is 0 Å². The third kappa shape index (κ3) is 6.93. The maximum absolute atomic E-state index is 12.3. The number of amides is 1. The van der Waals surface area contributed by atoms with Crippen LogP contribution in [0, 0.1) is 0 Å². The Kier molecular flexibility index (Phi) is 9.49. The lowest BCUT2D eigenvalue weighted by atomic mass is 10.1. The summed E-state index contributed by atoms with van der Waals surface area (Å²) < 4.78 is 25.8. The lowest BCUT2D eigenvalue weighted by Gasteiger charge is -2.15. The quantitative estimate of drug-likeness (QED) is 0.507. The number of nitrogens with zero attached hydrogens (tertiary/aromatic N) is 1. The van der Waals surface area contributed by atoms with E-state index in [1.54, 1.807) is 19.1 Å². The van der Waals surface area contributed by atoms with Crippen molar-refractivity contribution in [1.82, 2.24) is 14.9 Å². The summed E-state index contributed by atoms with van der Waals surface area (Å²) in [4.78, 5) is 12.4. The van der Waals surface area contributed by atoms with E-state index in [0.29, 0.717) is 18.7 Å². The van der Waals surface area contributed by atoms with E-state index in [9.17, 15) is 13.2 Å². The molecule has 0 aromatic heterocycles.